The van der Waals surface area contributed by atoms with E-state index in [1.807, 2.05) is 44.3 Å². The molecule has 25 heavy (non-hydrogen) atoms. The first kappa shape index (κ1) is 19.3. The number of anilines is 2. The van der Waals surface area contributed by atoms with E-state index in [0.29, 0.717) is 5.02 Å². The average molecular weight is 404 g/mol. The summed E-state index contributed by atoms with van der Waals surface area (Å²) in [7, 11) is -2.82. The standard InChI is InChI=1S/C13H12ClN5S.H2O4S/c1-8-10(14)11(19(2)18-8)12-16-17-13(20-12)15-9-6-4-3-5-7-9;1-5(2,3)4/h3-7H,1-2H3,(H,15,17);(H2,1,2,3,4). The fraction of sp³-hybridized carbons (Fsp3) is 0.154. The van der Waals surface area contributed by atoms with Crippen LogP contribution >= 0.6 is 22.9 Å². The molecule has 2 heterocycles. The number of rotatable bonds is 3. The van der Waals surface area contributed by atoms with E-state index in [1.54, 1.807) is 4.68 Å². The molecule has 3 rings (SSSR count). The summed E-state index contributed by atoms with van der Waals surface area (Å²) in [5.41, 5.74) is 2.56. The predicted octanol–water partition coefficient (Wildman–Crippen LogP) is 2.99. The van der Waals surface area contributed by atoms with Crippen LogP contribution in [0.5, 0.6) is 0 Å². The van der Waals surface area contributed by atoms with Crippen molar-refractivity contribution in [3.63, 3.8) is 0 Å². The van der Waals surface area contributed by atoms with Crippen LogP contribution in [0.1, 0.15) is 5.69 Å². The molecule has 0 unspecified atom stereocenters. The molecule has 9 nitrogen and oxygen atoms in total. The third-order valence-corrected chi connectivity index (χ3v) is 4.10. The van der Waals surface area contributed by atoms with Crippen LogP contribution in [0, 0.1) is 6.92 Å². The van der Waals surface area contributed by atoms with Gasteiger partial charge in [-0.2, -0.15) is 13.5 Å². The minimum absolute atomic E-state index is 0.620. The second-order valence-corrected chi connectivity index (χ2v) is 6.97. The quantitative estimate of drug-likeness (QED) is 0.569. The zero-order valence-corrected chi connectivity index (χ0v) is 15.5. The summed E-state index contributed by atoms with van der Waals surface area (Å²) in [5, 5.41) is 17.9. The number of hydrogen-bond acceptors (Lipinski definition) is 7. The molecule has 0 atom stereocenters. The molecule has 0 bridgehead atoms. The zero-order valence-electron chi connectivity index (χ0n) is 13.1. The van der Waals surface area contributed by atoms with Gasteiger partial charge in [0.2, 0.25) is 5.13 Å². The SMILES string of the molecule is Cc1nn(C)c(-c2nnc(Nc3ccccc3)s2)c1Cl.O=S(=O)(O)O. The molecule has 0 saturated heterocycles. The molecule has 0 aliphatic rings. The van der Waals surface area contributed by atoms with E-state index in [2.05, 4.69) is 20.6 Å². The summed E-state index contributed by atoms with van der Waals surface area (Å²) in [4.78, 5) is 0. The Morgan fingerprint density at radius 1 is 1.20 bits per heavy atom. The van der Waals surface area contributed by atoms with Gasteiger partial charge in [0, 0.05) is 12.7 Å². The molecular formula is C13H14ClN5O4S2. The Hall–Kier alpha value is -2.05. The van der Waals surface area contributed by atoms with Crippen molar-refractivity contribution in [3.05, 3.63) is 41.0 Å². The lowest BCUT2D eigenvalue weighted by Gasteiger charge is -1.99. The summed E-state index contributed by atoms with van der Waals surface area (Å²) in [5.74, 6) is 0. The molecule has 3 N–H and O–H groups in total. The van der Waals surface area contributed by atoms with E-state index in [1.165, 1.54) is 11.3 Å². The van der Waals surface area contributed by atoms with E-state index < -0.39 is 10.4 Å². The Labute approximate surface area is 152 Å². The molecule has 0 amide bonds. The molecular weight excluding hydrogens is 390 g/mol. The van der Waals surface area contributed by atoms with E-state index in [-0.39, 0.29) is 0 Å². The van der Waals surface area contributed by atoms with Gasteiger partial charge in [-0.15, -0.1) is 10.2 Å². The van der Waals surface area contributed by atoms with Crippen molar-refractivity contribution in [2.24, 2.45) is 7.05 Å². The summed E-state index contributed by atoms with van der Waals surface area (Å²) >= 11 is 7.70. The largest absolute Gasteiger partial charge is 0.394 e. The highest BCUT2D eigenvalue weighted by atomic mass is 35.5. The third kappa shape index (κ3) is 5.76. The number of aromatic nitrogens is 4. The molecule has 0 radical (unpaired) electrons. The predicted molar refractivity (Wildman–Crippen MR) is 95.8 cm³/mol. The lowest BCUT2D eigenvalue weighted by molar-refractivity contribution is 0.381. The van der Waals surface area contributed by atoms with Gasteiger partial charge in [-0.25, -0.2) is 0 Å². The normalized spacial score (nSPS) is 10.9. The molecule has 1 aromatic carbocycles. The van der Waals surface area contributed by atoms with Crippen molar-refractivity contribution in [1.29, 1.82) is 0 Å². The van der Waals surface area contributed by atoms with Crippen LogP contribution in [-0.2, 0) is 17.4 Å². The molecule has 0 aliphatic heterocycles. The lowest BCUT2D eigenvalue weighted by atomic mass is 10.3. The van der Waals surface area contributed by atoms with Crippen LogP contribution < -0.4 is 5.32 Å². The second kappa shape index (κ2) is 7.89. The number of nitrogens with zero attached hydrogens (tertiary/aromatic N) is 4. The van der Waals surface area contributed by atoms with Crippen LogP contribution in [0.4, 0.5) is 10.8 Å². The third-order valence-electron chi connectivity index (χ3n) is 2.80. The van der Waals surface area contributed by atoms with E-state index in [9.17, 15) is 0 Å². The number of hydrogen-bond donors (Lipinski definition) is 3. The number of nitrogens with one attached hydrogen (secondary N) is 1. The molecule has 0 aliphatic carbocycles. The first-order valence-electron chi connectivity index (χ1n) is 6.70. The van der Waals surface area contributed by atoms with Crippen molar-refractivity contribution in [1.82, 2.24) is 20.0 Å². The zero-order chi connectivity index (χ0) is 18.6. The molecule has 3 aromatic rings. The van der Waals surface area contributed by atoms with Crippen LogP contribution in [0.25, 0.3) is 10.7 Å². The topological polar surface area (TPSA) is 130 Å². The van der Waals surface area contributed by atoms with Gasteiger partial charge in [-0.3, -0.25) is 13.8 Å². The van der Waals surface area contributed by atoms with Gasteiger partial charge in [0.05, 0.1) is 10.7 Å². The fourth-order valence-electron chi connectivity index (χ4n) is 1.88. The Morgan fingerprint density at radius 3 is 2.32 bits per heavy atom. The highest BCUT2D eigenvalue weighted by Crippen LogP contribution is 2.34. The minimum Gasteiger partial charge on any atom is -0.330 e. The van der Waals surface area contributed by atoms with Crippen molar-refractivity contribution in [2.45, 2.75) is 6.92 Å². The van der Waals surface area contributed by atoms with Crippen molar-refractivity contribution in [3.8, 4) is 10.7 Å². The van der Waals surface area contributed by atoms with Crippen molar-refractivity contribution in [2.75, 3.05) is 5.32 Å². The Morgan fingerprint density at radius 2 is 1.80 bits per heavy atom. The summed E-state index contributed by atoms with van der Waals surface area (Å²) in [6.45, 7) is 1.87. The summed E-state index contributed by atoms with van der Waals surface area (Å²) in [6.07, 6.45) is 0. The molecule has 12 heteroatoms. The first-order valence-corrected chi connectivity index (χ1v) is 9.29. The van der Waals surface area contributed by atoms with Crippen LogP contribution in [0.2, 0.25) is 5.02 Å². The van der Waals surface area contributed by atoms with Gasteiger partial charge < -0.3 is 5.32 Å². The van der Waals surface area contributed by atoms with Gasteiger partial charge in [0.15, 0.2) is 5.01 Å². The summed E-state index contributed by atoms with van der Waals surface area (Å²) < 4.78 is 33.3. The highest BCUT2D eigenvalue weighted by molar-refractivity contribution is 7.79. The van der Waals surface area contributed by atoms with Crippen LogP contribution in [-0.4, -0.2) is 37.5 Å². The Bertz CT molecular complexity index is 948. The highest BCUT2D eigenvalue weighted by Gasteiger charge is 2.17. The van der Waals surface area contributed by atoms with Gasteiger partial charge in [0.1, 0.15) is 5.69 Å². The number of para-hydroxylation sites is 1. The molecule has 2 aromatic heterocycles. The minimum atomic E-state index is -4.67. The Kier molecular flexibility index (Phi) is 6.08. The average Bonchev–Trinajstić information content (AvgIpc) is 3.03. The van der Waals surface area contributed by atoms with Gasteiger partial charge in [-0.05, 0) is 19.1 Å². The van der Waals surface area contributed by atoms with Gasteiger partial charge in [0.25, 0.3) is 0 Å². The monoisotopic (exact) mass is 403 g/mol. The van der Waals surface area contributed by atoms with Crippen molar-refractivity contribution < 1.29 is 17.5 Å². The van der Waals surface area contributed by atoms with E-state index >= 15 is 0 Å². The van der Waals surface area contributed by atoms with Gasteiger partial charge >= 0.3 is 10.4 Å². The number of halogens is 1. The maximum absolute atomic E-state index is 8.74. The summed E-state index contributed by atoms with van der Waals surface area (Å²) in [6, 6.07) is 9.84. The maximum Gasteiger partial charge on any atom is 0.394 e. The number of benzene rings is 1. The van der Waals surface area contributed by atoms with E-state index in [0.717, 1.165) is 27.2 Å². The molecule has 0 fully saturated rings. The van der Waals surface area contributed by atoms with Crippen LogP contribution in [0.3, 0.4) is 0 Å². The van der Waals surface area contributed by atoms with E-state index in [4.69, 9.17) is 29.1 Å². The molecule has 134 valence electrons. The van der Waals surface area contributed by atoms with Gasteiger partial charge in [-0.1, -0.05) is 41.1 Å². The first-order chi connectivity index (χ1) is 11.6. The molecule has 0 spiro atoms. The van der Waals surface area contributed by atoms with Crippen LogP contribution in [0.15, 0.2) is 30.3 Å². The second-order valence-electron chi connectivity index (χ2n) is 4.72. The molecule has 0 saturated carbocycles. The maximum atomic E-state index is 8.74. The fourth-order valence-corrected chi connectivity index (χ4v) is 3.03. The van der Waals surface area contributed by atoms with Crippen molar-refractivity contribution >= 4 is 44.2 Å². The lowest BCUT2D eigenvalue weighted by Crippen LogP contribution is -1.93. The smallest absolute Gasteiger partial charge is 0.330 e. The Balaban J connectivity index is 0.000000399. The number of aryl methyl sites for hydroxylation is 2.